The molecule has 132 valence electrons. The number of pyridine rings is 1. The van der Waals surface area contributed by atoms with Crippen molar-refractivity contribution < 1.29 is 8.78 Å². The number of halogens is 2. The summed E-state index contributed by atoms with van der Waals surface area (Å²) in [5.74, 6) is -1.42. The zero-order valence-corrected chi connectivity index (χ0v) is 13.8. The summed E-state index contributed by atoms with van der Waals surface area (Å²) in [6.45, 7) is -0.171. The molecule has 2 N–H and O–H groups in total. The molecular weight excluding hydrogens is 352 g/mol. The number of nitrogens with zero attached hydrogens (tertiary/aromatic N) is 6. The minimum Gasteiger partial charge on any atom is -0.368 e. The molecule has 0 saturated carbocycles. The molecule has 0 spiro atoms. The van der Waals surface area contributed by atoms with Gasteiger partial charge in [0.1, 0.15) is 23.4 Å². The lowest BCUT2D eigenvalue weighted by Gasteiger charge is -2.08. The molecule has 1 aromatic carbocycles. The van der Waals surface area contributed by atoms with Crippen molar-refractivity contribution in [3.8, 4) is 17.3 Å². The molecule has 3 heterocycles. The molecule has 0 bridgehead atoms. The quantitative estimate of drug-likeness (QED) is 0.600. The van der Waals surface area contributed by atoms with Gasteiger partial charge in [-0.1, -0.05) is 6.07 Å². The van der Waals surface area contributed by atoms with Crippen LogP contribution in [0.5, 0.6) is 0 Å². The molecule has 4 rings (SSSR count). The van der Waals surface area contributed by atoms with Gasteiger partial charge in [0.15, 0.2) is 5.65 Å². The number of aromatic nitrogens is 5. The Balaban J connectivity index is 1.90. The number of rotatable bonds is 3. The molecule has 0 amide bonds. The van der Waals surface area contributed by atoms with Gasteiger partial charge < -0.3 is 5.73 Å². The summed E-state index contributed by atoms with van der Waals surface area (Å²) in [5.41, 5.74) is 7.00. The van der Waals surface area contributed by atoms with Crippen LogP contribution in [0.1, 0.15) is 11.3 Å². The molecular formula is C18H11F2N7. The maximum Gasteiger partial charge on any atom is 0.222 e. The zero-order chi connectivity index (χ0) is 19.0. The molecule has 3 aromatic heterocycles. The molecule has 0 atom stereocenters. The first-order chi connectivity index (χ1) is 13.1. The van der Waals surface area contributed by atoms with Crippen LogP contribution < -0.4 is 5.73 Å². The van der Waals surface area contributed by atoms with Gasteiger partial charge in [0.05, 0.1) is 23.8 Å². The van der Waals surface area contributed by atoms with Crippen LogP contribution >= 0.6 is 0 Å². The molecule has 0 saturated heterocycles. The smallest absolute Gasteiger partial charge is 0.222 e. The number of fused-ring (bicyclic) bond motifs is 1. The molecule has 0 aliphatic carbocycles. The second-order valence-corrected chi connectivity index (χ2v) is 5.68. The third-order valence-electron chi connectivity index (χ3n) is 4.05. The fourth-order valence-electron chi connectivity index (χ4n) is 2.81. The highest BCUT2D eigenvalue weighted by atomic mass is 19.1. The van der Waals surface area contributed by atoms with Gasteiger partial charge in [-0.25, -0.2) is 23.4 Å². The number of nitriles is 1. The Morgan fingerprint density at radius 2 is 1.89 bits per heavy atom. The number of hydrogen-bond acceptors (Lipinski definition) is 6. The number of anilines is 1. The van der Waals surface area contributed by atoms with Gasteiger partial charge in [-0.15, -0.1) is 0 Å². The van der Waals surface area contributed by atoms with E-state index >= 15 is 0 Å². The normalized spacial score (nSPS) is 10.9. The van der Waals surface area contributed by atoms with E-state index in [1.54, 1.807) is 12.1 Å². The van der Waals surface area contributed by atoms with Crippen LogP contribution in [0, 0.1) is 23.0 Å². The summed E-state index contributed by atoms with van der Waals surface area (Å²) < 4.78 is 29.3. The van der Waals surface area contributed by atoms with Gasteiger partial charge in [0.25, 0.3) is 0 Å². The molecule has 0 unspecified atom stereocenters. The predicted octanol–water partition coefficient (Wildman–Crippen LogP) is 2.67. The van der Waals surface area contributed by atoms with E-state index < -0.39 is 11.6 Å². The summed E-state index contributed by atoms with van der Waals surface area (Å²) in [6.07, 6.45) is 2.96. The van der Waals surface area contributed by atoms with Gasteiger partial charge in [-0.3, -0.25) is 0 Å². The van der Waals surface area contributed by atoms with Crippen LogP contribution in [-0.2, 0) is 6.54 Å². The van der Waals surface area contributed by atoms with Crippen molar-refractivity contribution in [1.29, 1.82) is 5.26 Å². The van der Waals surface area contributed by atoms with Crippen LogP contribution in [0.3, 0.4) is 0 Å². The van der Waals surface area contributed by atoms with Crippen molar-refractivity contribution >= 4 is 17.0 Å². The van der Waals surface area contributed by atoms with E-state index in [4.69, 9.17) is 5.73 Å². The second-order valence-electron chi connectivity index (χ2n) is 5.68. The Morgan fingerprint density at radius 3 is 2.63 bits per heavy atom. The van der Waals surface area contributed by atoms with E-state index in [2.05, 4.69) is 20.1 Å². The molecule has 9 heteroatoms. The highest BCUT2D eigenvalue weighted by Crippen LogP contribution is 2.28. The van der Waals surface area contributed by atoms with Gasteiger partial charge in [0, 0.05) is 17.3 Å². The van der Waals surface area contributed by atoms with Gasteiger partial charge in [-0.05, 0) is 24.3 Å². The molecule has 0 radical (unpaired) electrons. The SMILES string of the molecule is N#Cc1ncccc1-c1nc(N)nc2c1cnn2Cc1c(F)cccc1F. The van der Waals surface area contributed by atoms with Crippen molar-refractivity contribution in [2.45, 2.75) is 6.54 Å². The first-order valence-corrected chi connectivity index (χ1v) is 7.86. The standard InChI is InChI=1S/C18H11F2N7/c19-13-4-1-5-14(20)12(13)9-27-17-11(8-24-27)16(25-18(22)26-17)10-3-2-6-23-15(10)7-21/h1-6,8H,9H2,(H2,22,25,26). The van der Waals surface area contributed by atoms with Crippen molar-refractivity contribution in [1.82, 2.24) is 24.7 Å². The lowest BCUT2D eigenvalue weighted by atomic mass is 10.1. The lowest BCUT2D eigenvalue weighted by molar-refractivity contribution is 0.536. The Labute approximate surface area is 151 Å². The van der Waals surface area contributed by atoms with Crippen LogP contribution in [0.25, 0.3) is 22.3 Å². The Hall–Kier alpha value is -3.93. The Kier molecular flexibility index (Phi) is 3.93. The van der Waals surface area contributed by atoms with Crippen molar-refractivity contribution in [3.63, 3.8) is 0 Å². The van der Waals surface area contributed by atoms with E-state index in [-0.39, 0.29) is 23.8 Å². The van der Waals surface area contributed by atoms with Crippen molar-refractivity contribution in [2.24, 2.45) is 0 Å². The first-order valence-electron chi connectivity index (χ1n) is 7.86. The van der Waals surface area contributed by atoms with Gasteiger partial charge >= 0.3 is 0 Å². The highest BCUT2D eigenvalue weighted by molar-refractivity contribution is 5.92. The van der Waals surface area contributed by atoms with Crippen LogP contribution in [0.2, 0.25) is 0 Å². The monoisotopic (exact) mass is 363 g/mol. The number of hydrogen-bond donors (Lipinski definition) is 1. The molecule has 0 aliphatic rings. The largest absolute Gasteiger partial charge is 0.368 e. The molecule has 27 heavy (non-hydrogen) atoms. The maximum atomic E-state index is 14.0. The van der Waals surface area contributed by atoms with E-state index in [1.165, 1.54) is 35.3 Å². The molecule has 0 fully saturated rings. The summed E-state index contributed by atoms with van der Waals surface area (Å²) in [6, 6.07) is 8.99. The summed E-state index contributed by atoms with van der Waals surface area (Å²) >= 11 is 0. The summed E-state index contributed by atoms with van der Waals surface area (Å²) in [5, 5.41) is 14.0. The Morgan fingerprint density at radius 1 is 1.11 bits per heavy atom. The second kappa shape index (κ2) is 6.42. The summed E-state index contributed by atoms with van der Waals surface area (Å²) in [7, 11) is 0. The predicted molar refractivity (Wildman–Crippen MR) is 93.1 cm³/mol. The fourth-order valence-corrected chi connectivity index (χ4v) is 2.81. The zero-order valence-electron chi connectivity index (χ0n) is 13.8. The molecule has 4 aromatic rings. The lowest BCUT2D eigenvalue weighted by Crippen LogP contribution is -2.08. The Bertz CT molecular complexity index is 1190. The van der Waals surface area contributed by atoms with E-state index in [0.29, 0.717) is 22.3 Å². The van der Waals surface area contributed by atoms with E-state index in [9.17, 15) is 14.0 Å². The third kappa shape index (κ3) is 2.83. The minimum atomic E-state index is -0.681. The first kappa shape index (κ1) is 16.5. The number of nitrogen functional groups attached to an aromatic ring is 1. The third-order valence-corrected chi connectivity index (χ3v) is 4.05. The average Bonchev–Trinajstić information content (AvgIpc) is 3.06. The van der Waals surface area contributed by atoms with Gasteiger partial charge in [-0.2, -0.15) is 15.3 Å². The van der Waals surface area contributed by atoms with Crippen LogP contribution in [-0.4, -0.2) is 24.7 Å². The van der Waals surface area contributed by atoms with Crippen molar-refractivity contribution in [3.05, 3.63) is 65.6 Å². The highest BCUT2D eigenvalue weighted by Gasteiger charge is 2.18. The van der Waals surface area contributed by atoms with Crippen LogP contribution in [0.15, 0.2) is 42.7 Å². The minimum absolute atomic E-state index is 0.0546. The molecule has 0 aliphatic heterocycles. The maximum absolute atomic E-state index is 14.0. The fraction of sp³-hybridized carbons (Fsp3) is 0.0556. The van der Waals surface area contributed by atoms with Crippen molar-refractivity contribution in [2.75, 3.05) is 5.73 Å². The summed E-state index contributed by atoms with van der Waals surface area (Å²) in [4.78, 5) is 12.4. The number of benzene rings is 1. The number of nitrogens with two attached hydrogens (primary N) is 1. The topological polar surface area (TPSA) is 106 Å². The van der Waals surface area contributed by atoms with E-state index in [1.807, 2.05) is 6.07 Å². The van der Waals surface area contributed by atoms with Crippen LogP contribution in [0.4, 0.5) is 14.7 Å². The molecule has 7 nitrogen and oxygen atoms in total. The van der Waals surface area contributed by atoms with Gasteiger partial charge in [0.2, 0.25) is 5.95 Å². The van der Waals surface area contributed by atoms with E-state index in [0.717, 1.165) is 0 Å². The average molecular weight is 363 g/mol.